The first-order chi connectivity index (χ1) is 9.85. The minimum absolute atomic E-state index is 0.0244. The normalized spacial score (nSPS) is 11.6. The summed E-state index contributed by atoms with van der Waals surface area (Å²) in [6.07, 6.45) is 0.0244. The minimum atomic E-state index is -0.966. The van der Waals surface area contributed by atoms with Crippen molar-refractivity contribution in [3.63, 3.8) is 0 Å². The second-order valence-corrected chi connectivity index (χ2v) is 4.80. The van der Waals surface area contributed by atoms with E-state index < -0.39 is 11.9 Å². The molecule has 1 rings (SSSR count). The fraction of sp³-hybridized carbons (Fsp3) is 0.400. The molecule has 0 spiro atoms. The lowest BCUT2D eigenvalue weighted by atomic mass is 10.0. The van der Waals surface area contributed by atoms with Crippen LogP contribution >= 0.6 is 0 Å². The number of ether oxygens (including phenoxy) is 1. The van der Waals surface area contributed by atoms with Gasteiger partial charge in [-0.25, -0.2) is 0 Å². The third-order valence-corrected chi connectivity index (χ3v) is 3.06. The molecule has 6 nitrogen and oxygen atoms in total. The van der Waals surface area contributed by atoms with Crippen molar-refractivity contribution in [3.8, 4) is 5.75 Å². The molecule has 0 aliphatic carbocycles. The maximum Gasteiger partial charge on any atom is 0.308 e. The number of amides is 1. The van der Waals surface area contributed by atoms with Crippen LogP contribution in [0.1, 0.15) is 29.8 Å². The zero-order chi connectivity index (χ0) is 16.0. The molecule has 0 radical (unpaired) electrons. The van der Waals surface area contributed by atoms with Crippen molar-refractivity contribution in [2.45, 2.75) is 20.3 Å². The van der Waals surface area contributed by atoms with E-state index >= 15 is 0 Å². The summed E-state index contributed by atoms with van der Waals surface area (Å²) >= 11 is 0. The van der Waals surface area contributed by atoms with Gasteiger partial charge in [0.25, 0.3) is 0 Å². The van der Waals surface area contributed by atoms with E-state index in [1.54, 1.807) is 18.2 Å². The summed E-state index contributed by atoms with van der Waals surface area (Å²) in [5.41, 5.74) is 1.09. The highest BCUT2D eigenvalue weighted by Gasteiger charge is 2.14. The van der Waals surface area contributed by atoms with E-state index in [9.17, 15) is 14.4 Å². The van der Waals surface area contributed by atoms with Gasteiger partial charge in [0.1, 0.15) is 5.75 Å². The summed E-state index contributed by atoms with van der Waals surface area (Å²) in [6, 6.07) is 4.88. The highest BCUT2D eigenvalue weighted by Crippen LogP contribution is 2.20. The first kappa shape index (κ1) is 16.7. The molecule has 1 amide bonds. The monoisotopic (exact) mass is 293 g/mol. The lowest BCUT2D eigenvalue weighted by Crippen LogP contribution is -2.32. The van der Waals surface area contributed by atoms with Gasteiger partial charge in [0.05, 0.1) is 19.4 Å². The molecular formula is C15H19NO5. The van der Waals surface area contributed by atoms with Crippen molar-refractivity contribution < 1.29 is 24.2 Å². The maximum atomic E-state index is 11.8. The van der Waals surface area contributed by atoms with Crippen molar-refractivity contribution in [2.75, 3.05) is 13.7 Å². The van der Waals surface area contributed by atoms with E-state index in [1.807, 2.05) is 0 Å². The highest BCUT2D eigenvalue weighted by molar-refractivity contribution is 5.94. The fourth-order valence-corrected chi connectivity index (χ4v) is 1.73. The lowest BCUT2D eigenvalue weighted by molar-refractivity contribution is -0.141. The molecule has 6 heteroatoms. The number of hydrogen-bond donors (Lipinski definition) is 2. The number of carbonyl (C=O) groups is 3. The molecule has 0 aromatic heterocycles. The van der Waals surface area contributed by atoms with Gasteiger partial charge in [-0.1, -0.05) is 6.92 Å². The van der Waals surface area contributed by atoms with Crippen molar-refractivity contribution in [1.82, 2.24) is 5.32 Å². The van der Waals surface area contributed by atoms with E-state index in [0.29, 0.717) is 16.9 Å². The topological polar surface area (TPSA) is 92.7 Å². The van der Waals surface area contributed by atoms with Gasteiger partial charge in [0.2, 0.25) is 5.91 Å². The Hall–Kier alpha value is -2.37. The molecule has 0 saturated heterocycles. The molecule has 0 bridgehead atoms. The first-order valence-electron chi connectivity index (χ1n) is 6.52. The molecule has 1 unspecified atom stereocenters. The SMILES string of the molecule is COc1ccc(C(C)=O)cc1CC(=O)NCC(C)C(=O)O. The summed E-state index contributed by atoms with van der Waals surface area (Å²) in [4.78, 5) is 33.9. The third kappa shape index (κ3) is 4.91. The van der Waals surface area contributed by atoms with Crippen LogP contribution in [0.15, 0.2) is 18.2 Å². The van der Waals surface area contributed by atoms with Crippen LogP contribution in [-0.4, -0.2) is 36.4 Å². The van der Waals surface area contributed by atoms with Crippen molar-refractivity contribution in [1.29, 1.82) is 0 Å². The number of carboxylic acid groups (broad SMARTS) is 1. The van der Waals surface area contributed by atoms with E-state index in [-0.39, 0.29) is 24.7 Å². The van der Waals surface area contributed by atoms with Crippen LogP contribution in [-0.2, 0) is 16.0 Å². The Balaban J connectivity index is 2.76. The quantitative estimate of drug-likeness (QED) is 0.739. The van der Waals surface area contributed by atoms with E-state index in [0.717, 1.165) is 0 Å². The van der Waals surface area contributed by atoms with E-state index in [2.05, 4.69) is 5.32 Å². The smallest absolute Gasteiger partial charge is 0.308 e. The molecule has 1 atom stereocenters. The molecular weight excluding hydrogens is 274 g/mol. The standard InChI is InChI=1S/C15H19NO5/c1-9(15(19)20)8-16-14(18)7-12-6-11(10(2)17)4-5-13(12)21-3/h4-6,9H,7-8H2,1-3H3,(H,16,18)(H,19,20). The maximum absolute atomic E-state index is 11.8. The number of carbonyl (C=O) groups excluding carboxylic acids is 2. The molecule has 114 valence electrons. The van der Waals surface area contributed by atoms with Gasteiger partial charge in [0, 0.05) is 17.7 Å². The van der Waals surface area contributed by atoms with Crippen LogP contribution in [0.5, 0.6) is 5.75 Å². The van der Waals surface area contributed by atoms with Crippen molar-refractivity contribution in [3.05, 3.63) is 29.3 Å². The Labute approximate surface area is 123 Å². The minimum Gasteiger partial charge on any atom is -0.496 e. The summed E-state index contributed by atoms with van der Waals surface area (Å²) < 4.78 is 5.16. The predicted octanol–water partition coefficient (Wildman–Crippen LogP) is 1.28. The average molecular weight is 293 g/mol. The Morgan fingerprint density at radius 3 is 2.52 bits per heavy atom. The zero-order valence-electron chi connectivity index (χ0n) is 12.3. The second-order valence-electron chi connectivity index (χ2n) is 4.80. The Morgan fingerprint density at radius 1 is 1.33 bits per heavy atom. The molecule has 21 heavy (non-hydrogen) atoms. The molecule has 0 heterocycles. The number of Topliss-reactive ketones (excluding diaryl/α,β-unsaturated/α-hetero) is 1. The zero-order valence-corrected chi connectivity index (χ0v) is 12.3. The number of rotatable bonds is 7. The van der Waals surface area contributed by atoms with Crippen LogP contribution in [0.3, 0.4) is 0 Å². The first-order valence-corrected chi connectivity index (χ1v) is 6.52. The van der Waals surface area contributed by atoms with E-state index in [4.69, 9.17) is 9.84 Å². The van der Waals surface area contributed by atoms with E-state index in [1.165, 1.54) is 21.0 Å². The van der Waals surface area contributed by atoms with Crippen LogP contribution in [0.25, 0.3) is 0 Å². The molecule has 1 aromatic rings. The van der Waals surface area contributed by atoms with Crippen LogP contribution in [0.2, 0.25) is 0 Å². The highest BCUT2D eigenvalue weighted by atomic mass is 16.5. The Kier molecular flexibility index (Phi) is 5.90. The Bertz CT molecular complexity index is 553. The molecule has 0 aliphatic rings. The number of aliphatic carboxylic acids is 1. The predicted molar refractivity (Wildman–Crippen MR) is 76.5 cm³/mol. The Morgan fingerprint density at radius 2 is 2.00 bits per heavy atom. The summed E-state index contributed by atoms with van der Waals surface area (Å²) in [7, 11) is 1.48. The van der Waals surface area contributed by atoms with Gasteiger partial charge >= 0.3 is 5.97 Å². The largest absolute Gasteiger partial charge is 0.496 e. The lowest BCUT2D eigenvalue weighted by Gasteiger charge is -2.11. The van der Waals surface area contributed by atoms with Crippen LogP contribution < -0.4 is 10.1 Å². The summed E-state index contributed by atoms with van der Waals surface area (Å²) in [5, 5.41) is 11.3. The molecule has 1 aromatic carbocycles. The summed E-state index contributed by atoms with van der Waals surface area (Å²) in [6.45, 7) is 3.02. The molecule has 2 N–H and O–H groups in total. The molecule has 0 saturated carbocycles. The van der Waals surface area contributed by atoms with Crippen LogP contribution in [0, 0.1) is 5.92 Å². The van der Waals surface area contributed by atoms with Crippen molar-refractivity contribution >= 4 is 17.7 Å². The number of ketones is 1. The van der Waals surface area contributed by atoms with Gasteiger partial charge in [-0.15, -0.1) is 0 Å². The van der Waals surface area contributed by atoms with Gasteiger partial charge in [-0.3, -0.25) is 14.4 Å². The number of hydrogen-bond acceptors (Lipinski definition) is 4. The van der Waals surface area contributed by atoms with Crippen LogP contribution in [0.4, 0.5) is 0 Å². The number of benzene rings is 1. The third-order valence-electron chi connectivity index (χ3n) is 3.06. The molecule has 0 aliphatic heterocycles. The van der Waals surface area contributed by atoms with Gasteiger partial charge < -0.3 is 15.2 Å². The summed E-state index contributed by atoms with van der Waals surface area (Å²) in [5.74, 6) is -1.52. The van der Waals surface area contributed by atoms with Gasteiger partial charge in [-0.05, 0) is 25.1 Å². The number of nitrogens with one attached hydrogen (secondary N) is 1. The average Bonchev–Trinajstić information content (AvgIpc) is 2.44. The fourth-order valence-electron chi connectivity index (χ4n) is 1.73. The van der Waals surface area contributed by atoms with Gasteiger partial charge in [0.15, 0.2) is 5.78 Å². The molecule has 0 fully saturated rings. The van der Waals surface area contributed by atoms with Crippen molar-refractivity contribution in [2.24, 2.45) is 5.92 Å². The second kappa shape index (κ2) is 7.42. The number of carboxylic acids is 1. The number of methoxy groups -OCH3 is 1. The van der Waals surface area contributed by atoms with Gasteiger partial charge in [-0.2, -0.15) is 0 Å².